The van der Waals surface area contributed by atoms with Gasteiger partial charge in [-0.05, 0) is 51.3 Å². The van der Waals surface area contributed by atoms with E-state index in [1.54, 1.807) is 6.92 Å². The number of ether oxygens (including phenoxy) is 1. The van der Waals surface area contributed by atoms with E-state index in [1.165, 1.54) is 12.1 Å². The van der Waals surface area contributed by atoms with E-state index in [0.29, 0.717) is 47.5 Å². The molecule has 0 saturated carbocycles. The first-order valence-electron chi connectivity index (χ1n) is 14.5. The van der Waals surface area contributed by atoms with E-state index < -0.39 is 23.3 Å². The smallest absolute Gasteiger partial charge is 0.319 e. The van der Waals surface area contributed by atoms with Crippen molar-refractivity contribution in [2.24, 2.45) is 0 Å². The Hall–Kier alpha value is -3.29. The molecule has 220 valence electrons. The van der Waals surface area contributed by atoms with E-state index in [9.17, 15) is 8.78 Å². The first-order chi connectivity index (χ1) is 20.3. The van der Waals surface area contributed by atoms with Gasteiger partial charge in [0.05, 0.1) is 26.8 Å². The maximum absolute atomic E-state index is 16.6. The van der Waals surface area contributed by atoms with Crippen molar-refractivity contribution >= 4 is 43.4 Å². The zero-order valence-corrected chi connectivity index (χ0v) is 24.0. The van der Waals surface area contributed by atoms with Crippen LogP contribution in [0.25, 0.3) is 32.4 Å². The number of thiazole rings is 1. The Labute approximate surface area is 244 Å². The molecule has 8 rings (SSSR count). The fourth-order valence-corrected chi connectivity index (χ4v) is 8.34. The third-order valence-corrected chi connectivity index (χ3v) is 10.3. The molecule has 1 aromatic carbocycles. The number of fused-ring (bicyclic) bond motifs is 5. The largest absolute Gasteiger partial charge is 0.461 e. The number of aryl methyl sites for hydroxylation is 1. The summed E-state index contributed by atoms with van der Waals surface area (Å²) in [5.41, 5.74) is 6.75. The van der Waals surface area contributed by atoms with Gasteiger partial charge in [0.25, 0.3) is 0 Å². The third kappa shape index (κ3) is 4.11. The van der Waals surface area contributed by atoms with Crippen LogP contribution in [-0.4, -0.2) is 81.4 Å². The number of alkyl halides is 1. The molecule has 4 saturated heterocycles. The van der Waals surface area contributed by atoms with E-state index in [0.717, 1.165) is 56.7 Å². The van der Waals surface area contributed by atoms with E-state index in [1.807, 2.05) is 0 Å². The normalized spacial score (nSPS) is 27.4. The molecule has 4 atom stereocenters. The Bertz CT molecular complexity index is 1720. The van der Waals surface area contributed by atoms with Crippen molar-refractivity contribution < 1.29 is 17.9 Å². The van der Waals surface area contributed by atoms with E-state index >= 15 is 4.39 Å². The number of nitrogens with zero attached hydrogens (tertiary/aromatic N) is 6. The lowest BCUT2D eigenvalue weighted by Crippen LogP contribution is -2.51. The molecule has 4 aliphatic heterocycles. The zero-order valence-electron chi connectivity index (χ0n) is 23.2. The molecule has 4 aliphatic rings. The maximum atomic E-state index is 16.6. The Kier molecular flexibility index (Phi) is 6.03. The SMILES string of the molecule is Cc1nc(-c2ccc(F)c3sc(N)nc23)c(F)c2nc(OC[C@@]34CCCN3C[C@H](F)C4)nc(N3CC4CCC(C3)N4)c12. The Morgan fingerprint density at radius 1 is 1.10 bits per heavy atom. The number of anilines is 2. The molecule has 0 aliphatic carbocycles. The van der Waals surface area contributed by atoms with Gasteiger partial charge < -0.3 is 20.7 Å². The van der Waals surface area contributed by atoms with Gasteiger partial charge in [-0.3, -0.25) is 4.90 Å². The van der Waals surface area contributed by atoms with Gasteiger partial charge in [0.15, 0.2) is 10.9 Å². The van der Waals surface area contributed by atoms with Crippen molar-refractivity contribution in [1.82, 2.24) is 30.2 Å². The summed E-state index contributed by atoms with van der Waals surface area (Å²) in [5.74, 6) is -0.550. The monoisotopic (exact) mass is 596 g/mol. The van der Waals surface area contributed by atoms with Crippen LogP contribution in [0, 0.1) is 18.6 Å². The number of rotatable bonds is 5. The lowest BCUT2D eigenvalue weighted by Gasteiger charge is -2.35. The van der Waals surface area contributed by atoms with Crippen LogP contribution in [0.15, 0.2) is 12.1 Å². The highest BCUT2D eigenvalue weighted by molar-refractivity contribution is 7.22. The highest BCUT2D eigenvalue weighted by atomic mass is 32.1. The first-order valence-corrected chi connectivity index (χ1v) is 15.4. The quantitative estimate of drug-likeness (QED) is 0.348. The number of benzene rings is 1. The van der Waals surface area contributed by atoms with Crippen molar-refractivity contribution in [3.63, 3.8) is 0 Å². The highest BCUT2D eigenvalue weighted by Gasteiger charge is 2.49. The second-order valence-corrected chi connectivity index (χ2v) is 13.2. The summed E-state index contributed by atoms with van der Waals surface area (Å²) >= 11 is 1.01. The van der Waals surface area contributed by atoms with Crippen LogP contribution in [0.4, 0.5) is 24.1 Å². The van der Waals surface area contributed by atoms with Gasteiger partial charge in [-0.15, -0.1) is 0 Å². The second kappa shape index (κ2) is 9.61. The van der Waals surface area contributed by atoms with E-state index in [-0.39, 0.29) is 39.2 Å². The van der Waals surface area contributed by atoms with Crippen LogP contribution in [0.1, 0.15) is 37.8 Å². The summed E-state index contributed by atoms with van der Waals surface area (Å²) < 4.78 is 52.1. The van der Waals surface area contributed by atoms with Crippen LogP contribution in [0.3, 0.4) is 0 Å². The number of piperazine rings is 1. The lowest BCUT2D eigenvalue weighted by molar-refractivity contribution is 0.107. The van der Waals surface area contributed by atoms with Gasteiger partial charge in [0, 0.05) is 43.7 Å². The van der Waals surface area contributed by atoms with Crippen LogP contribution in [-0.2, 0) is 0 Å². The maximum Gasteiger partial charge on any atom is 0.319 e. The molecule has 2 unspecified atom stereocenters. The van der Waals surface area contributed by atoms with Crippen LogP contribution in [0.2, 0.25) is 0 Å². The molecule has 0 amide bonds. The predicted octanol–water partition coefficient (Wildman–Crippen LogP) is 4.37. The van der Waals surface area contributed by atoms with Crippen LogP contribution >= 0.6 is 11.3 Å². The summed E-state index contributed by atoms with van der Waals surface area (Å²) in [4.78, 5) is 22.8. The third-order valence-electron chi connectivity index (χ3n) is 9.44. The van der Waals surface area contributed by atoms with E-state index in [4.69, 9.17) is 15.5 Å². The molecule has 4 fully saturated rings. The van der Waals surface area contributed by atoms with Gasteiger partial charge >= 0.3 is 6.01 Å². The molecule has 42 heavy (non-hydrogen) atoms. The summed E-state index contributed by atoms with van der Waals surface area (Å²) in [7, 11) is 0. The molecule has 0 spiro atoms. The Balaban J connectivity index is 1.27. The molecule has 7 heterocycles. The number of hydrogen-bond acceptors (Lipinski definition) is 10. The minimum absolute atomic E-state index is 0.0166. The first kappa shape index (κ1) is 26.3. The lowest BCUT2D eigenvalue weighted by atomic mass is 9.95. The molecule has 4 aromatic rings. The van der Waals surface area contributed by atoms with Gasteiger partial charge in [-0.25, -0.2) is 23.1 Å². The fourth-order valence-electron chi connectivity index (χ4n) is 7.58. The topological polar surface area (TPSA) is 105 Å². The van der Waals surface area contributed by atoms with Gasteiger partial charge in [0.1, 0.15) is 35.6 Å². The number of nitrogens with two attached hydrogens (primary N) is 1. The summed E-state index contributed by atoms with van der Waals surface area (Å²) in [6.45, 7) is 4.74. The predicted molar refractivity (Wildman–Crippen MR) is 156 cm³/mol. The molecule has 3 aromatic heterocycles. The summed E-state index contributed by atoms with van der Waals surface area (Å²) in [6.07, 6.45) is 3.49. The van der Waals surface area contributed by atoms with Crippen molar-refractivity contribution in [2.75, 3.05) is 43.4 Å². The number of nitrogens with one attached hydrogen (secondary N) is 1. The van der Waals surface area contributed by atoms with E-state index in [2.05, 4.69) is 30.1 Å². The molecule has 13 heteroatoms. The molecule has 0 radical (unpaired) electrons. The van der Waals surface area contributed by atoms with Crippen LogP contribution < -0.4 is 20.7 Å². The second-order valence-electron chi connectivity index (χ2n) is 12.1. The van der Waals surface area contributed by atoms with Gasteiger partial charge in [-0.2, -0.15) is 9.97 Å². The van der Waals surface area contributed by atoms with Crippen molar-refractivity contribution in [2.45, 2.75) is 62.8 Å². The fraction of sp³-hybridized carbons (Fsp3) is 0.517. The molecule has 2 bridgehead atoms. The number of pyridine rings is 1. The van der Waals surface area contributed by atoms with Gasteiger partial charge in [0.2, 0.25) is 0 Å². The molecule has 9 nitrogen and oxygen atoms in total. The van der Waals surface area contributed by atoms with Gasteiger partial charge in [-0.1, -0.05) is 11.3 Å². The highest BCUT2D eigenvalue weighted by Crippen LogP contribution is 2.42. The van der Waals surface area contributed by atoms with Crippen molar-refractivity contribution in [1.29, 1.82) is 0 Å². The van der Waals surface area contributed by atoms with Crippen molar-refractivity contribution in [3.8, 4) is 17.3 Å². The minimum Gasteiger partial charge on any atom is -0.461 e. The zero-order chi connectivity index (χ0) is 28.7. The number of hydrogen-bond donors (Lipinski definition) is 2. The standard InChI is InChI=1S/C29H31F3N8OS/c1-14-20-24(21(32)22(34-14)18-5-6-19(31)25-23(18)36-27(33)42-25)37-28(38-26(20)39-11-16-3-4-17(12-39)35-16)41-13-29-7-2-8-40(29)10-15(30)9-29/h5-6,15-17,35H,2-4,7-13H2,1H3,(H2,33,36)/t15-,16?,17?,29+/m1/s1. The molecular formula is C29H31F3N8OS. The number of aromatic nitrogens is 4. The minimum atomic E-state index is -0.890. The van der Waals surface area contributed by atoms with Crippen LogP contribution in [0.5, 0.6) is 6.01 Å². The Morgan fingerprint density at radius 2 is 1.90 bits per heavy atom. The molecule has 3 N–H and O–H groups in total. The number of nitrogen functional groups attached to an aromatic ring is 1. The molecular weight excluding hydrogens is 565 g/mol. The Morgan fingerprint density at radius 3 is 2.71 bits per heavy atom. The summed E-state index contributed by atoms with van der Waals surface area (Å²) in [6, 6.07) is 3.46. The average Bonchev–Trinajstić information content (AvgIpc) is 3.71. The number of halogens is 3. The summed E-state index contributed by atoms with van der Waals surface area (Å²) in [5, 5.41) is 4.34. The van der Waals surface area contributed by atoms with Crippen molar-refractivity contribution in [3.05, 3.63) is 29.5 Å². The average molecular weight is 597 g/mol.